The van der Waals surface area contributed by atoms with E-state index in [1.165, 1.54) is 10.8 Å². The van der Waals surface area contributed by atoms with Crippen LogP contribution in [-0.4, -0.2) is 23.3 Å². The van der Waals surface area contributed by atoms with Gasteiger partial charge in [-0.2, -0.15) is 5.10 Å². The summed E-state index contributed by atoms with van der Waals surface area (Å²) in [5.41, 5.74) is 1.12. The van der Waals surface area contributed by atoms with Crippen LogP contribution in [0.5, 0.6) is 0 Å². The van der Waals surface area contributed by atoms with Gasteiger partial charge in [-0.25, -0.2) is 9.80 Å². The van der Waals surface area contributed by atoms with E-state index >= 15 is 0 Å². The highest BCUT2D eigenvalue weighted by molar-refractivity contribution is 5.84. The Labute approximate surface area is 124 Å². The van der Waals surface area contributed by atoms with E-state index in [1.807, 2.05) is 26.0 Å². The molecule has 108 valence electrons. The lowest BCUT2D eigenvalue weighted by Gasteiger charge is -2.23. The molecule has 0 radical (unpaired) electrons. The fourth-order valence-electron chi connectivity index (χ4n) is 2.61. The average Bonchev–Trinajstić information content (AvgIpc) is 2.95. The molecule has 0 fully saturated rings. The van der Waals surface area contributed by atoms with Gasteiger partial charge in [-0.15, -0.1) is 0 Å². The van der Waals surface area contributed by atoms with Crippen LogP contribution in [0.25, 0.3) is 10.8 Å². The normalized spacial score (nSPS) is 17.7. The number of nitrogens with one attached hydrogen (secondary N) is 1. The first-order valence-electron chi connectivity index (χ1n) is 7.26. The van der Waals surface area contributed by atoms with Gasteiger partial charge in [0.05, 0.1) is 6.04 Å². The molecular formula is C17H19N3O. The van der Waals surface area contributed by atoms with Gasteiger partial charge in [0.1, 0.15) is 0 Å². The van der Waals surface area contributed by atoms with Crippen LogP contribution in [0.1, 0.15) is 31.9 Å². The molecule has 0 bridgehead atoms. The molecule has 1 N–H and O–H groups in total. The molecule has 1 unspecified atom stereocenters. The number of nitrogens with zero attached hydrogens (tertiary/aromatic N) is 2. The number of carbonyl (C=O) groups excluding carboxylic acids is 1. The quantitative estimate of drug-likeness (QED) is 0.896. The number of fused-ring (bicyclic) bond motifs is 1. The van der Waals surface area contributed by atoms with Crippen molar-refractivity contribution in [2.45, 2.75) is 32.4 Å². The maximum absolute atomic E-state index is 12.2. The van der Waals surface area contributed by atoms with Crippen LogP contribution < -0.4 is 5.32 Å². The molecule has 0 saturated heterocycles. The Balaban J connectivity index is 1.88. The maximum Gasteiger partial charge on any atom is 0.338 e. The minimum atomic E-state index is -0.142. The van der Waals surface area contributed by atoms with Crippen molar-refractivity contribution >= 4 is 23.0 Å². The third-order valence-corrected chi connectivity index (χ3v) is 3.61. The molecule has 1 aliphatic heterocycles. The van der Waals surface area contributed by atoms with E-state index in [9.17, 15) is 4.79 Å². The van der Waals surface area contributed by atoms with Crippen LogP contribution in [0, 0.1) is 0 Å². The standard InChI is InChI=1S/C17H19N3O/c1-12(2)19-17(21)20-16(9-10-18-20)15-8-7-13-5-3-4-6-14(13)11-15/h3-8,10-12,16H,9H2,1-2H3,(H,19,21). The molecular weight excluding hydrogens is 262 g/mol. The minimum Gasteiger partial charge on any atom is -0.334 e. The molecule has 1 atom stereocenters. The zero-order valence-corrected chi connectivity index (χ0v) is 12.3. The SMILES string of the molecule is CC(C)NC(=O)N1N=CCC1c1ccc2ccccc2c1. The molecule has 0 saturated carbocycles. The van der Waals surface area contributed by atoms with E-state index in [-0.39, 0.29) is 18.1 Å². The molecule has 2 amide bonds. The Morgan fingerprint density at radius 1 is 1.24 bits per heavy atom. The van der Waals surface area contributed by atoms with E-state index in [1.54, 1.807) is 11.2 Å². The van der Waals surface area contributed by atoms with Crippen LogP contribution >= 0.6 is 0 Å². The Hall–Kier alpha value is -2.36. The van der Waals surface area contributed by atoms with Gasteiger partial charge in [0.2, 0.25) is 0 Å². The Bertz CT molecular complexity index is 693. The van der Waals surface area contributed by atoms with E-state index in [2.05, 4.69) is 40.8 Å². The largest absolute Gasteiger partial charge is 0.338 e. The van der Waals surface area contributed by atoms with Crippen LogP contribution in [0.3, 0.4) is 0 Å². The summed E-state index contributed by atoms with van der Waals surface area (Å²) in [7, 11) is 0. The van der Waals surface area contributed by atoms with Crippen molar-refractivity contribution in [3.8, 4) is 0 Å². The molecule has 0 aromatic heterocycles. The fourth-order valence-corrected chi connectivity index (χ4v) is 2.61. The molecule has 0 aliphatic carbocycles. The molecule has 1 heterocycles. The molecule has 3 rings (SSSR count). The summed E-state index contributed by atoms with van der Waals surface area (Å²) >= 11 is 0. The van der Waals surface area contributed by atoms with Crippen LogP contribution in [0.4, 0.5) is 4.79 Å². The average molecular weight is 281 g/mol. The Kier molecular flexibility index (Phi) is 3.60. The summed E-state index contributed by atoms with van der Waals surface area (Å²) in [6.07, 6.45) is 2.56. The number of benzene rings is 2. The lowest BCUT2D eigenvalue weighted by molar-refractivity contribution is 0.183. The topological polar surface area (TPSA) is 44.7 Å². The lowest BCUT2D eigenvalue weighted by atomic mass is 10.0. The Morgan fingerprint density at radius 3 is 2.76 bits per heavy atom. The van der Waals surface area contributed by atoms with Crippen molar-refractivity contribution in [3.05, 3.63) is 48.0 Å². The number of amides is 2. The predicted molar refractivity (Wildman–Crippen MR) is 85.3 cm³/mol. The van der Waals surface area contributed by atoms with Gasteiger partial charge in [0.15, 0.2) is 0 Å². The predicted octanol–water partition coefficient (Wildman–Crippen LogP) is 3.69. The summed E-state index contributed by atoms with van der Waals surface area (Å²) in [6, 6.07) is 14.5. The molecule has 21 heavy (non-hydrogen) atoms. The fraction of sp³-hybridized carbons (Fsp3) is 0.294. The van der Waals surface area contributed by atoms with Gasteiger partial charge in [-0.05, 0) is 36.2 Å². The minimum absolute atomic E-state index is 0.0200. The number of rotatable bonds is 2. The second-order valence-corrected chi connectivity index (χ2v) is 5.60. The first-order valence-corrected chi connectivity index (χ1v) is 7.26. The van der Waals surface area contributed by atoms with Gasteiger partial charge in [-0.1, -0.05) is 36.4 Å². The van der Waals surface area contributed by atoms with E-state index in [0.717, 1.165) is 12.0 Å². The van der Waals surface area contributed by atoms with Gasteiger partial charge in [0, 0.05) is 18.7 Å². The Morgan fingerprint density at radius 2 is 2.00 bits per heavy atom. The maximum atomic E-state index is 12.2. The number of hydrazone groups is 1. The van der Waals surface area contributed by atoms with Gasteiger partial charge < -0.3 is 5.32 Å². The molecule has 1 aliphatic rings. The highest BCUT2D eigenvalue weighted by Gasteiger charge is 2.28. The lowest BCUT2D eigenvalue weighted by Crippen LogP contribution is -2.40. The monoisotopic (exact) mass is 281 g/mol. The molecule has 0 spiro atoms. The second-order valence-electron chi connectivity index (χ2n) is 5.60. The summed E-state index contributed by atoms with van der Waals surface area (Å²) in [4.78, 5) is 12.2. The highest BCUT2D eigenvalue weighted by Crippen LogP contribution is 2.30. The number of carbonyl (C=O) groups is 1. The van der Waals surface area contributed by atoms with Crippen molar-refractivity contribution < 1.29 is 4.79 Å². The van der Waals surface area contributed by atoms with Gasteiger partial charge in [0.25, 0.3) is 0 Å². The molecule has 2 aromatic carbocycles. The summed E-state index contributed by atoms with van der Waals surface area (Å²) in [5, 5.41) is 11.1. The van der Waals surface area contributed by atoms with Crippen molar-refractivity contribution in [2.24, 2.45) is 5.10 Å². The molecule has 4 nitrogen and oxygen atoms in total. The smallest absolute Gasteiger partial charge is 0.334 e. The number of hydrogen-bond donors (Lipinski definition) is 1. The zero-order chi connectivity index (χ0) is 14.8. The van der Waals surface area contributed by atoms with Gasteiger partial charge in [-0.3, -0.25) is 0 Å². The molecule has 4 heteroatoms. The highest BCUT2D eigenvalue weighted by atomic mass is 16.2. The van der Waals surface area contributed by atoms with Crippen molar-refractivity contribution in [3.63, 3.8) is 0 Å². The molecule has 2 aromatic rings. The number of hydrogen-bond acceptors (Lipinski definition) is 2. The van der Waals surface area contributed by atoms with Crippen LogP contribution in [-0.2, 0) is 0 Å². The van der Waals surface area contributed by atoms with Crippen LogP contribution in [0.2, 0.25) is 0 Å². The van der Waals surface area contributed by atoms with Crippen molar-refractivity contribution in [1.29, 1.82) is 0 Å². The first kappa shape index (κ1) is 13.6. The summed E-state index contributed by atoms with van der Waals surface area (Å²) in [5.74, 6) is 0. The van der Waals surface area contributed by atoms with Crippen molar-refractivity contribution in [2.75, 3.05) is 0 Å². The third-order valence-electron chi connectivity index (χ3n) is 3.61. The summed E-state index contributed by atoms with van der Waals surface area (Å²) < 4.78 is 0. The van der Waals surface area contributed by atoms with Crippen LogP contribution in [0.15, 0.2) is 47.6 Å². The summed E-state index contributed by atoms with van der Waals surface area (Å²) in [6.45, 7) is 3.89. The van der Waals surface area contributed by atoms with Crippen molar-refractivity contribution in [1.82, 2.24) is 10.3 Å². The first-order chi connectivity index (χ1) is 10.1. The van der Waals surface area contributed by atoms with E-state index in [0.29, 0.717) is 0 Å². The number of urea groups is 1. The van der Waals surface area contributed by atoms with Gasteiger partial charge >= 0.3 is 6.03 Å². The second kappa shape index (κ2) is 5.56. The zero-order valence-electron chi connectivity index (χ0n) is 12.3. The third kappa shape index (κ3) is 2.75. The van der Waals surface area contributed by atoms with E-state index in [4.69, 9.17) is 0 Å². The van der Waals surface area contributed by atoms with E-state index < -0.39 is 0 Å².